The molecular weight excluding hydrogens is 386 g/mol. The van der Waals surface area contributed by atoms with Crippen molar-refractivity contribution in [3.05, 3.63) is 66.5 Å². The van der Waals surface area contributed by atoms with E-state index in [0.29, 0.717) is 29.5 Å². The molecule has 0 unspecified atom stereocenters. The van der Waals surface area contributed by atoms with Crippen molar-refractivity contribution in [3.63, 3.8) is 0 Å². The Bertz CT molecular complexity index is 1020. The number of nitrogens with one attached hydrogen (secondary N) is 1. The van der Waals surface area contributed by atoms with E-state index < -0.39 is 5.97 Å². The van der Waals surface area contributed by atoms with Crippen LogP contribution in [0.4, 0.5) is 5.69 Å². The number of hydrogen-bond donors (Lipinski definition) is 1. The minimum Gasteiger partial charge on any atom is -0.490 e. The third-order valence-electron chi connectivity index (χ3n) is 3.98. The van der Waals surface area contributed by atoms with Gasteiger partial charge in [0.05, 0.1) is 18.9 Å². The summed E-state index contributed by atoms with van der Waals surface area (Å²) in [6.07, 6.45) is 1.65. The van der Waals surface area contributed by atoms with Gasteiger partial charge in [0.2, 0.25) is 0 Å². The molecule has 0 aliphatic rings. The third-order valence-corrected chi connectivity index (χ3v) is 3.98. The van der Waals surface area contributed by atoms with E-state index >= 15 is 0 Å². The zero-order valence-electron chi connectivity index (χ0n) is 16.8. The van der Waals surface area contributed by atoms with Crippen molar-refractivity contribution in [1.29, 1.82) is 0 Å². The lowest BCUT2D eigenvalue weighted by molar-refractivity contribution is -0.118. The summed E-state index contributed by atoms with van der Waals surface area (Å²) < 4.78 is 17.6. The number of ether oxygens (including phenoxy) is 3. The zero-order chi connectivity index (χ0) is 21.3. The van der Waals surface area contributed by atoms with Crippen LogP contribution in [0.5, 0.6) is 11.5 Å². The summed E-state index contributed by atoms with van der Waals surface area (Å²) in [5.41, 5.74) is 1.48. The van der Waals surface area contributed by atoms with E-state index in [2.05, 4.69) is 10.4 Å². The Morgan fingerprint density at radius 2 is 1.73 bits per heavy atom. The first-order chi connectivity index (χ1) is 14.6. The largest absolute Gasteiger partial charge is 0.490 e. The average Bonchev–Trinajstić information content (AvgIpc) is 3.24. The minimum atomic E-state index is -0.481. The van der Waals surface area contributed by atoms with Gasteiger partial charge in [-0.3, -0.25) is 4.79 Å². The molecule has 0 aliphatic carbocycles. The Morgan fingerprint density at radius 3 is 2.47 bits per heavy atom. The molecular formula is C22H23N3O5. The van der Waals surface area contributed by atoms with Crippen molar-refractivity contribution in [1.82, 2.24) is 9.78 Å². The minimum absolute atomic E-state index is 0.164. The number of benzene rings is 2. The quantitative estimate of drug-likeness (QED) is 0.544. The molecule has 3 aromatic rings. The molecule has 1 N–H and O–H groups in total. The predicted molar refractivity (Wildman–Crippen MR) is 111 cm³/mol. The zero-order valence-corrected chi connectivity index (χ0v) is 16.8. The Labute approximate surface area is 174 Å². The molecule has 30 heavy (non-hydrogen) atoms. The van der Waals surface area contributed by atoms with Gasteiger partial charge in [0.25, 0.3) is 5.91 Å². The Balaban J connectivity index is 1.63. The Hall–Kier alpha value is -3.81. The number of amides is 1. The SMILES string of the molecule is CCOC(=O)c1ccn(-c2cccc(NC(=O)COc3ccccc3OCC)c2)n1. The van der Waals surface area contributed by atoms with Gasteiger partial charge in [0.1, 0.15) is 0 Å². The second kappa shape index (κ2) is 10.1. The highest BCUT2D eigenvalue weighted by molar-refractivity contribution is 5.92. The van der Waals surface area contributed by atoms with E-state index in [1.165, 1.54) is 4.68 Å². The summed E-state index contributed by atoms with van der Waals surface area (Å²) in [7, 11) is 0. The van der Waals surface area contributed by atoms with Gasteiger partial charge in [0, 0.05) is 11.9 Å². The van der Waals surface area contributed by atoms with E-state index in [9.17, 15) is 9.59 Å². The number of anilines is 1. The van der Waals surface area contributed by atoms with E-state index in [1.54, 1.807) is 49.5 Å². The highest BCUT2D eigenvalue weighted by Crippen LogP contribution is 2.26. The highest BCUT2D eigenvalue weighted by atomic mass is 16.5. The smallest absolute Gasteiger partial charge is 0.358 e. The van der Waals surface area contributed by atoms with Gasteiger partial charge in [0.15, 0.2) is 23.8 Å². The van der Waals surface area contributed by atoms with Crippen LogP contribution in [0, 0.1) is 0 Å². The number of rotatable bonds is 9. The lowest BCUT2D eigenvalue weighted by Gasteiger charge is -2.12. The number of para-hydroxylation sites is 2. The molecule has 0 spiro atoms. The number of nitrogens with zero attached hydrogens (tertiary/aromatic N) is 2. The van der Waals surface area contributed by atoms with Crippen LogP contribution in [0.1, 0.15) is 24.3 Å². The first kappa shape index (κ1) is 20.9. The van der Waals surface area contributed by atoms with E-state index in [1.807, 2.05) is 25.1 Å². The van der Waals surface area contributed by atoms with Crippen molar-refractivity contribution in [2.24, 2.45) is 0 Å². The molecule has 8 heteroatoms. The molecule has 0 aliphatic heterocycles. The number of carbonyl (C=O) groups excluding carboxylic acids is 2. The van der Waals surface area contributed by atoms with E-state index in [4.69, 9.17) is 14.2 Å². The van der Waals surface area contributed by atoms with Gasteiger partial charge in [-0.25, -0.2) is 9.48 Å². The Morgan fingerprint density at radius 1 is 0.967 bits per heavy atom. The molecule has 0 saturated heterocycles. The van der Waals surface area contributed by atoms with Gasteiger partial charge in [-0.05, 0) is 50.2 Å². The van der Waals surface area contributed by atoms with Crippen LogP contribution in [-0.2, 0) is 9.53 Å². The number of esters is 1. The molecule has 2 aromatic carbocycles. The normalized spacial score (nSPS) is 10.3. The summed E-state index contributed by atoms with van der Waals surface area (Å²) in [6.45, 7) is 4.24. The fourth-order valence-electron chi connectivity index (χ4n) is 2.69. The summed E-state index contributed by atoms with van der Waals surface area (Å²) in [5.74, 6) is 0.300. The van der Waals surface area contributed by atoms with E-state index in [-0.39, 0.29) is 24.8 Å². The first-order valence-electron chi connectivity index (χ1n) is 9.58. The van der Waals surface area contributed by atoms with Gasteiger partial charge >= 0.3 is 5.97 Å². The van der Waals surface area contributed by atoms with Crippen LogP contribution >= 0.6 is 0 Å². The lowest BCUT2D eigenvalue weighted by Crippen LogP contribution is -2.20. The predicted octanol–water partition coefficient (Wildman–Crippen LogP) is 3.47. The Kier molecular flexibility index (Phi) is 7.05. The van der Waals surface area contributed by atoms with Gasteiger partial charge in [-0.15, -0.1) is 0 Å². The average molecular weight is 409 g/mol. The van der Waals surface area contributed by atoms with Crippen molar-refractivity contribution in [2.45, 2.75) is 13.8 Å². The lowest BCUT2D eigenvalue weighted by atomic mass is 10.2. The third kappa shape index (κ3) is 5.38. The maximum atomic E-state index is 12.3. The summed E-state index contributed by atoms with van der Waals surface area (Å²) >= 11 is 0. The molecule has 156 valence electrons. The maximum absolute atomic E-state index is 12.3. The molecule has 8 nitrogen and oxygen atoms in total. The van der Waals surface area contributed by atoms with Crippen molar-refractivity contribution in [2.75, 3.05) is 25.1 Å². The second-order valence-corrected chi connectivity index (χ2v) is 6.13. The molecule has 3 rings (SSSR count). The molecule has 1 heterocycles. The van der Waals surface area contributed by atoms with Crippen LogP contribution in [-0.4, -0.2) is 41.5 Å². The molecule has 0 atom stereocenters. The van der Waals surface area contributed by atoms with Gasteiger partial charge < -0.3 is 19.5 Å². The monoisotopic (exact) mass is 409 g/mol. The maximum Gasteiger partial charge on any atom is 0.358 e. The van der Waals surface area contributed by atoms with Gasteiger partial charge in [-0.1, -0.05) is 18.2 Å². The highest BCUT2D eigenvalue weighted by Gasteiger charge is 2.12. The number of carbonyl (C=O) groups is 2. The summed E-state index contributed by atoms with van der Waals surface area (Å²) in [6, 6.07) is 15.9. The fourth-order valence-corrected chi connectivity index (χ4v) is 2.69. The number of hydrogen-bond acceptors (Lipinski definition) is 6. The van der Waals surface area contributed by atoms with Crippen LogP contribution in [0.2, 0.25) is 0 Å². The summed E-state index contributed by atoms with van der Waals surface area (Å²) in [5, 5.41) is 7.00. The molecule has 1 aromatic heterocycles. The van der Waals surface area contributed by atoms with Gasteiger partial charge in [-0.2, -0.15) is 5.10 Å². The first-order valence-corrected chi connectivity index (χ1v) is 9.58. The van der Waals surface area contributed by atoms with Crippen LogP contribution < -0.4 is 14.8 Å². The van der Waals surface area contributed by atoms with Crippen molar-refractivity contribution < 1.29 is 23.8 Å². The van der Waals surface area contributed by atoms with E-state index in [0.717, 1.165) is 0 Å². The fraction of sp³-hybridized carbons (Fsp3) is 0.227. The summed E-state index contributed by atoms with van der Waals surface area (Å²) in [4.78, 5) is 24.1. The standard InChI is InChI=1S/C22H23N3O5/c1-3-28-19-10-5-6-11-20(19)30-15-21(26)23-16-8-7-9-17(14-16)25-13-12-18(24-25)22(27)29-4-2/h5-14H,3-4,15H2,1-2H3,(H,23,26). The van der Waals surface area contributed by atoms with Crippen LogP contribution in [0.15, 0.2) is 60.8 Å². The molecule has 0 radical (unpaired) electrons. The molecule has 1 amide bonds. The van der Waals surface area contributed by atoms with Crippen LogP contribution in [0.25, 0.3) is 5.69 Å². The topological polar surface area (TPSA) is 91.7 Å². The van der Waals surface area contributed by atoms with Crippen molar-refractivity contribution in [3.8, 4) is 17.2 Å². The van der Waals surface area contributed by atoms with Crippen LogP contribution in [0.3, 0.4) is 0 Å². The number of aromatic nitrogens is 2. The molecule has 0 saturated carbocycles. The molecule has 0 fully saturated rings. The van der Waals surface area contributed by atoms with Crippen molar-refractivity contribution >= 4 is 17.6 Å². The molecule has 0 bridgehead atoms. The second-order valence-electron chi connectivity index (χ2n) is 6.13.